The highest BCUT2D eigenvalue weighted by Gasteiger charge is 2.22. The Labute approximate surface area is 189 Å². The van der Waals surface area contributed by atoms with Crippen LogP contribution in [0.3, 0.4) is 0 Å². The van der Waals surface area contributed by atoms with Crippen LogP contribution in [0, 0.1) is 0 Å². The Morgan fingerprint density at radius 2 is 2.00 bits per heavy atom. The van der Waals surface area contributed by atoms with E-state index in [1.165, 1.54) is 0 Å². The van der Waals surface area contributed by atoms with Gasteiger partial charge >= 0.3 is 0 Å². The normalized spacial score (nSPS) is 16.7. The van der Waals surface area contributed by atoms with Crippen molar-refractivity contribution in [2.24, 2.45) is 0 Å². The number of aliphatic hydroxyl groups is 1. The molecule has 2 unspecified atom stereocenters. The summed E-state index contributed by atoms with van der Waals surface area (Å²) in [4.78, 5) is 13.2. The molecule has 1 aliphatic heterocycles. The summed E-state index contributed by atoms with van der Waals surface area (Å²) in [6.45, 7) is 5.13. The zero-order valence-corrected chi connectivity index (χ0v) is 18.9. The zero-order valence-electron chi connectivity index (χ0n) is 18.9. The molecule has 7 heteroatoms. The second-order valence-electron chi connectivity index (χ2n) is 7.90. The van der Waals surface area contributed by atoms with Crippen LogP contribution in [-0.2, 0) is 11.3 Å². The van der Waals surface area contributed by atoms with Crippen LogP contribution in [0.4, 0.5) is 0 Å². The van der Waals surface area contributed by atoms with Gasteiger partial charge in [0.1, 0.15) is 24.7 Å². The lowest BCUT2D eigenvalue weighted by Gasteiger charge is -2.27. The third-order valence-electron chi connectivity index (χ3n) is 5.35. The summed E-state index contributed by atoms with van der Waals surface area (Å²) in [5, 5.41) is 10.7. The van der Waals surface area contributed by atoms with Crippen molar-refractivity contribution in [2.75, 3.05) is 40.0 Å². The Bertz CT molecular complexity index is 835. The molecular weight excluding hydrogens is 410 g/mol. The number of hydrogen-bond donors (Lipinski definition) is 1. The zero-order chi connectivity index (χ0) is 22.8. The number of carbonyl (C=O) groups excluding carboxylic acids is 1. The van der Waals surface area contributed by atoms with Gasteiger partial charge in [-0.2, -0.15) is 0 Å². The molecule has 2 aromatic carbocycles. The van der Waals surface area contributed by atoms with Gasteiger partial charge in [-0.05, 0) is 55.7 Å². The van der Waals surface area contributed by atoms with Gasteiger partial charge in [-0.1, -0.05) is 12.1 Å². The van der Waals surface area contributed by atoms with Gasteiger partial charge in [0.2, 0.25) is 0 Å². The van der Waals surface area contributed by atoms with E-state index in [-0.39, 0.29) is 12.7 Å². The molecule has 1 heterocycles. The summed E-state index contributed by atoms with van der Waals surface area (Å²) in [5.41, 5.74) is 1.66. The van der Waals surface area contributed by atoms with Crippen molar-refractivity contribution in [3.05, 3.63) is 53.6 Å². The SMILES string of the molecule is CCOc1cc(C=O)ccc1OCC(O)CN(Cc1ccc(OC)cc1)CC1CCCO1. The van der Waals surface area contributed by atoms with Gasteiger partial charge in [-0.25, -0.2) is 0 Å². The molecule has 0 saturated carbocycles. The number of benzene rings is 2. The highest BCUT2D eigenvalue weighted by molar-refractivity contribution is 5.76. The fraction of sp³-hybridized carbons (Fsp3) is 0.480. The number of nitrogens with zero attached hydrogens (tertiary/aromatic N) is 1. The van der Waals surface area contributed by atoms with Gasteiger partial charge in [0.15, 0.2) is 11.5 Å². The molecule has 0 aliphatic carbocycles. The molecule has 0 aromatic heterocycles. The fourth-order valence-electron chi connectivity index (χ4n) is 3.79. The molecule has 0 radical (unpaired) electrons. The van der Waals surface area contributed by atoms with Crippen LogP contribution in [0.1, 0.15) is 35.7 Å². The number of rotatable bonds is 13. The summed E-state index contributed by atoms with van der Waals surface area (Å²) in [5.74, 6) is 1.83. The Morgan fingerprint density at radius 3 is 2.66 bits per heavy atom. The number of aliphatic hydroxyl groups excluding tert-OH is 1. The maximum absolute atomic E-state index is 11.0. The van der Waals surface area contributed by atoms with E-state index >= 15 is 0 Å². The van der Waals surface area contributed by atoms with Crippen molar-refractivity contribution in [1.29, 1.82) is 0 Å². The predicted octanol–water partition coefficient (Wildman–Crippen LogP) is 3.33. The van der Waals surface area contributed by atoms with Crippen LogP contribution >= 0.6 is 0 Å². The standard InChI is InChI=1S/C25H33NO6/c1-3-30-25-13-20(17-27)8-11-24(25)32-18-21(28)15-26(16-23-5-4-12-31-23)14-19-6-9-22(29-2)10-7-19/h6-11,13,17,21,23,28H,3-5,12,14-16,18H2,1-2H3. The monoisotopic (exact) mass is 443 g/mol. The molecule has 2 aromatic rings. The van der Waals surface area contributed by atoms with E-state index in [0.29, 0.717) is 36.8 Å². The fourth-order valence-corrected chi connectivity index (χ4v) is 3.79. The van der Waals surface area contributed by atoms with Crippen LogP contribution in [0.5, 0.6) is 17.2 Å². The molecule has 0 bridgehead atoms. The first-order valence-electron chi connectivity index (χ1n) is 11.1. The Hall–Kier alpha value is -2.61. The van der Waals surface area contributed by atoms with Crippen LogP contribution in [0.15, 0.2) is 42.5 Å². The van der Waals surface area contributed by atoms with Gasteiger partial charge in [0, 0.05) is 31.8 Å². The average Bonchev–Trinajstić information content (AvgIpc) is 3.32. The molecule has 2 atom stereocenters. The molecule has 0 spiro atoms. The quantitative estimate of drug-likeness (QED) is 0.476. The molecule has 0 amide bonds. The minimum Gasteiger partial charge on any atom is -0.497 e. The lowest BCUT2D eigenvalue weighted by molar-refractivity contribution is 0.0309. The first-order chi connectivity index (χ1) is 15.6. The minimum absolute atomic E-state index is 0.116. The molecule has 1 N–H and O–H groups in total. The van der Waals surface area contributed by atoms with Gasteiger partial charge in [-0.15, -0.1) is 0 Å². The van der Waals surface area contributed by atoms with E-state index in [2.05, 4.69) is 4.90 Å². The van der Waals surface area contributed by atoms with Crippen LogP contribution in [-0.4, -0.2) is 68.5 Å². The second-order valence-corrected chi connectivity index (χ2v) is 7.90. The first kappa shape index (κ1) is 24.0. The first-order valence-corrected chi connectivity index (χ1v) is 11.1. The topological polar surface area (TPSA) is 77.5 Å². The van der Waals surface area contributed by atoms with Crippen molar-refractivity contribution in [1.82, 2.24) is 4.90 Å². The van der Waals surface area contributed by atoms with E-state index in [1.54, 1.807) is 25.3 Å². The number of ether oxygens (including phenoxy) is 4. The summed E-state index contributed by atoms with van der Waals surface area (Å²) in [6.07, 6.45) is 2.36. The summed E-state index contributed by atoms with van der Waals surface area (Å²) in [7, 11) is 1.65. The van der Waals surface area contributed by atoms with Gasteiger partial charge in [0.05, 0.1) is 19.8 Å². The third-order valence-corrected chi connectivity index (χ3v) is 5.35. The number of hydrogen-bond acceptors (Lipinski definition) is 7. The van der Waals surface area contributed by atoms with Crippen molar-refractivity contribution < 1.29 is 28.8 Å². The van der Waals surface area contributed by atoms with E-state index in [9.17, 15) is 9.90 Å². The Balaban J connectivity index is 1.61. The number of aldehydes is 1. The largest absolute Gasteiger partial charge is 0.497 e. The predicted molar refractivity (Wildman–Crippen MR) is 122 cm³/mol. The van der Waals surface area contributed by atoms with Crippen molar-refractivity contribution in [3.63, 3.8) is 0 Å². The average molecular weight is 444 g/mol. The van der Waals surface area contributed by atoms with Crippen molar-refractivity contribution >= 4 is 6.29 Å². The van der Waals surface area contributed by atoms with Crippen LogP contribution in [0.25, 0.3) is 0 Å². The molecule has 1 saturated heterocycles. The maximum atomic E-state index is 11.0. The lowest BCUT2D eigenvalue weighted by Crippen LogP contribution is -2.39. The third kappa shape index (κ3) is 7.22. The van der Waals surface area contributed by atoms with E-state index < -0.39 is 6.10 Å². The molecule has 32 heavy (non-hydrogen) atoms. The van der Waals surface area contributed by atoms with Crippen LogP contribution < -0.4 is 14.2 Å². The maximum Gasteiger partial charge on any atom is 0.161 e. The number of carbonyl (C=O) groups is 1. The molecular formula is C25H33NO6. The summed E-state index contributed by atoms with van der Waals surface area (Å²) in [6, 6.07) is 13.0. The van der Waals surface area contributed by atoms with Crippen molar-refractivity contribution in [3.8, 4) is 17.2 Å². The van der Waals surface area contributed by atoms with E-state index in [4.69, 9.17) is 18.9 Å². The molecule has 1 aliphatic rings. The second kappa shape index (κ2) is 12.4. The highest BCUT2D eigenvalue weighted by Crippen LogP contribution is 2.28. The molecule has 7 nitrogen and oxygen atoms in total. The van der Waals surface area contributed by atoms with Crippen molar-refractivity contribution in [2.45, 2.75) is 38.5 Å². The lowest BCUT2D eigenvalue weighted by atomic mass is 10.1. The Kier molecular flexibility index (Phi) is 9.34. The highest BCUT2D eigenvalue weighted by atomic mass is 16.5. The summed E-state index contributed by atoms with van der Waals surface area (Å²) < 4.78 is 22.5. The molecule has 174 valence electrons. The number of methoxy groups -OCH3 is 1. The van der Waals surface area contributed by atoms with Crippen LogP contribution in [0.2, 0.25) is 0 Å². The summed E-state index contributed by atoms with van der Waals surface area (Å²) >= 11 is 0. The van der Waals surface area contributed by atoms with E-state index in [0.717, 1.165) is 43.6 Å². The molecule has 1 fully saturated rings. The smallest absolute Gasteiger partial charge is 0.161 e. The van der Waals surface area contributed by atoms with Gasteiger partial charge < -0.3 is 24.1 Å². The minimum atomic E-state index is -0.699. The van der Waals surface area contributed by atoms with Gasteiger partial charge in [-0.3, -0.25) is 9.69 Å². The van der Waals surface area contributed by atoms with Gasteiger partial charge in [0.25, 0.3) is 0 Å². The van der Waals surface area contributed by atoms with E-state index in [1.807, 2.05) is 31.2 Å². The Morgan fingerprint density at radius 1 is 1.19 bits per heavy atom. The molecule has 3 rings (SSSR count).